The van der Waals surface area contributed by atoms with E-state index in [1.807, 2.05) is 0 Å². The fourth-order valence-electron chi connectivity index (χ4n) is 2.02. The molecular weight excluding hydrogens is 293 g/mol. The van der Waals surface area contributed by atoms with Crippen LogP contribution in [0.4, 0.5) is 4.39 Å². The van der Waals surface area contributed by atoms with Crippen molar-refractivity contribution in [1.82, 2.24) is 4.72 Å². The predicted molar refractivity (Wildman–Crippen MR) is 78.1 cm³/mol. The van der Waals surface area contributed by atoms with Crippen LogP contribution in [0.3, 0.4) is 0 Å². The minimum atomic E-state index is -3.80. The Balaban J connectivity index is 2.28. The van der Waals surface area contributed by atoms with Crippen molar-refractivity contribution in [3.05, 3.63) is 59.9 Å². The smallest absolute Gasteiger partial charge is 0.241 e. The summed E-state index contributed by atoms with van der Waals surface area (Å²) in [6.07, 6.45) is 0. The van der Waals surface area contributed by atoms with E-state index in [1.165, 1.54) is 25.3 Å². The minimum absolute atomic E-state index is 0.107. The lowest BCUT2D eigenvalue weighted by atomic mass is 10.1. The molecule has 112 valence electrons. The van der Waals surface area contributed by atoms with E-state index < -0.39 is 21.9 Å². The Morgan fingerprint density at radius 3 is 2.52 bits per heavy atom. The lowest BCUT2D eigenvalue weighted by molar-refractivity contribution is 0.405. The van der Waals surface area contributed by atoms with E-state index in [0.717, 1.165) is 6.07 Å². The Morgan fingerprint density at radius 1 is 1.14 bits per heavy atom. The van der Waals surface area contributed by atoms with Crippen molar-refractivity contribution >= 4 is 10.0 Å². The van der Waals surface area contributed by atoms with Crippen LogP contribution < -0.4 is 9.46 Å². The van der Waals surface area contributed by atoms with Crippen LogP contribution in [-0.4, -0.2) is 15.5 Å². The van der Waals surface area contributed by atoms with Crippen LogP contribution in [0.15, 0.2) is 53.4 Å². The normalized spacial score (nSPS) is 12.9. The number of methoxy groups -OCH3 is 1. The van der Waals surface area contributed by atoms with Gasteiger partial charge >= 0.3 is 0 Å². The van der Waals surface area contributed by atoms with Crippen LogP contribution in [0.1, 0.15) is 18.5 Å². The van der Waals surface area contributed by atoms with Crippen molar-refractivity contribution in [2.45, 2.75) is 17.9 Å². The van der Waals surface area contributed by atoms with Crippen LogP contribution >= 0.6 is 0 Å². The van der Waals surface area contributed by atoms with Crippen LogP contribution in [0.5, 0.6) is 5.75 Å². The van der Waals surface area contributed by atoms with Crippen molar-refractivity contribution in [1.29, 1.82) is 0 Å². The summed E-state index contributed by atoms with van der Waals surface area (Å²) in [5.74, 6) is -0.00485. The second kappa shape index (κ2) is 6.24. The van der Waals surface area contributed by atoms with Gasteiger partial charge in [-0.05, 0) is 31.2 Å². The van der Waals surface area contributed by atoms with Gasteiger partial charge in [0.05, 0.1) is 12.0 Å². The number of rotatable bonds is 5. The second-order valence-corrected chi connectivity index (χ2v) is 6.26. The summed E-state index contributed by atoms with van der Waals surface area (Å²) in [6.45, 7) is 1.70. The van der Waals surface area contributed by atoms with Crippen LogP contribution in [0.25, 0.3) is 0 Å². The summed E-state index contributed by atoms with van der Waals surface area (Å²) in [5, 5.41) is 0. The number of sulfonamides is 1. The maximum Gasteiger partial charge on any atom is 0.241 e. The van der Waals surface area contributed by atoms with Crippen molar-refractivity contribution < 1.29 is 17.5 Å². The molecule has 0 bridgehead atoms. The molecule has 1 N–H and O–H groups in total. The van der Waals surface area contributed by atoms with Gasteiger partial charge in [0.15, 0.2) is 0 Å². The summed E-state index contributed by atoms with van der Waals surface area (Å²) >= 11 is 0. The van der Waals surface area contributed by atoms with Crippen LogP contribution in [0, 0.1) is 5.82 Å². The summed E-state index contributed by atoms with van der Waals surface area (Å²) in [6, 6.07) is 11.5. The third-order valence-electron chi connectivity index (χ3n) is 3.04. The third kappa shape index (κ3) is 3.59. The topological polar surface area (TPSA) is 55.4 Å². The molecule has 0 spiro atoms. The van der Waals surface area contributed by atoms with Crippen molar-refractivity contribution in [3.8, 4) is 5.75 Å². The molecule has 0 aliphatic carbocycles. The maximum atomic E-state index is 13.2. The molecule has 0 aliphatic rings. The molecule has 0 aliphatic heterocycles. The Labute approximate surface area is 123 Å². The van der Waals surface area contributed by atoms with E-state index in [0.29, 0.717) is 11.3 Å². The first-order valence-corrected chi connectivity index (χ1v) is 7.83. The van der Waals surface area contributed by atoms with Gasteiger partial charge in [0, 0.05) is 11.6 Å². The number of hydrogen-bond donors (Lipinski definition) is 1. The average molecular weight is 309 g/mol. The first-order chi connectivity index (χ1) is 9.94. The van der Waals surface area contributed by atoms with Gasteiger partial charge in [0.1, 0.15) is 11.6 Å². The zero-order valence-corrected chi connectivity index (χ0v) is 12.5. The Bertz CT molecular complexity index is 731. The molecule has 2 aromatic rings. The molecule has 0 fully saturated rings. The molecular formula is C15H16FNO3S. The third-order valence-corrected chi connectivity index (χ3v) is 4.58. The van der Waals surface area contributed by atoms with Gasteiger partial charge in [0.25, 0.3) is 0 Å². The van der Waals surface area contributed by atoms with Crippen molar-refractivity contribution in [3.63, 3.8) is 0 Å². The van der Waals surface area contributed by atoms with E-state index in [1.54, 1.807) is 31.2 Å². The van der Waals surface area contributed by atoms with E-state index >= 15 is 0 Å². The first kappa shape index (κ1) is 15.5. The molecule has 0 amide bonds. The zero-order chi connectivity index (χ0) is 15.5. The Hall–Kier alpha value is -1.92. The van der Waals surface area contributed by atoms with Crippen molar-refractivity contribution in [2.75, 3.05) is 7.11 Å². The summed E-state index contributed by atoms with van der Waals surface area (Å²) in [4.78, 5) is -0.107. The molecule has 0 heterocycles. The van der Waals surface area contributed by atoms with E-state index in [4.69, 9.17) is 4.74 Å². The highest BCUT2D eigenvalue weighted by atomic mass is 32.2. The summed E-state index contributed by atoms with van der Waals surface area (Å²) in [5.41, 5.74) is 0.708. The van der Waals surface area contributed by atoms with Crippen molar-refractivity contribution in [2.24, 2.45) is 0 Å². The number of halogens is 1. The number of benzene rings is 2. The fraction of sp³-hybridized carbons (Fsp3) is 0.200. The molecule has 0 aromatic heterocycles. The predicted octanol–water partition coefficient (Wildman–Crippen LogP) is 2.87. The monoisotopic (exact) mass is 309 g/mol. The molecule has 6 heteroatoms. The molecule has 0 saturated heterocycles. The first-order valence-electron chi connectivity index (χ1n) is 6.35. The largest absolute Gasteiger partial charge is 0.496 e. The van der Waals surface area contributed by atoms with Gasteiger partial charge in [-0.2, -0.15) is 0 Å². The SMILES string of the molecule is COc1ccccc1C(C)NS(=O)(=O)c1cccc(F)c1. The highest BCUT2D eigenvalue weighted by Gasteiger charge is 2.20. The van der Waals surface area contributed by atoms with Crippen LogP contribution in [-0.2, 0) is 10.0 Å². The highest BCUT2D eigenvalue weighted by molar-refractivity contribution is 7.89. The second-order valence-electron chi connectivity index (χ2n) is 4.54. The maximum absolute atomic E-state index is 13.2. The molecule has 1 unspecified atom stereocenters. The quantitative estimate of drug-likeness (QED) is 0.924. The molecule has 2 aromatic carbocycles. The van der Waals surface area contributed by atoms with E-state index in [2.05, 4.69) is 4.72 Å². The van der Waals surface area contributed by atoms with Gasteiger partial charge in [-0.1, -0.05) is 24.3 Å². The number of para-hydroxylation sites is 1. The lowest BCUT2D eigenvalue weighted by Crippen LogP contribution is -2.27. The zero-order valence-electron chi connectivity index (χ0n) is 11.7. The molecule has 0 radical (unpaired) electrons. The van der Waals surface area contributed by atoms with E-state index in [9.17, 15) is 12.8 Å². The Morgan fingerprint density at radius 2 is 1.86 bits per heavy atom. The van der Waals surface area contributed by atoms with Crippen LogP contribution in [0.2, 0.25) is 0 Å². The number of ether oxygens (including phenoxy) is 1. The summed E-state index contributed by atoms with van der Waals surface area (Å²) in [7, 11) is -2.28. The van der Waals surface area contributed by atoms with Gasteiger partial charge in [-0.25, -0.2) is 17.5 Å². The van der Waals surface area contributed by atoms with Gasteiger partial charge in [-0.3, -0.25) is 0 Å². The molecule has 0 saturated carbocycles. The lowest BCUT2D eigenvalue weighted by Gasteiger charge is -2.17. The molecule has 1 atom stereocenters. The minimum Gasteiger partial charge on any atom is -0.496 e. The highest BCUT2D eigenvalue weighted by Crippen LogP contribution is 2.25. The number of nitrogens with one attached hydrogen (secondary N) is 1. The summed E-state index contributed by atoms with van der Waals surface area (Å²) < 4.78 is 45.4. The molecule has 2 rings (SSSR count). The van der Waals surface area contributed by atoms with Gasteiger partial charge in [-0.15, -0.1) is 0 Å². The van der Waals surface area contributed by atoms with E-state index in [-0.39, 0.29) is 4.90 Å². The van der Waals surface area contributed by atoms with Gasteiger partial charge in [0.2, 0.25) is 10.0 Å². The van der Waals surface area contributed by atoms with Gasteiger partial charge < -0.3 is 4.74 Å². The number of hydrogen-bond acceptors (Lipinski definition) is 3. The fourth-order valence-corrected chi connectivity index (χ4v) is 3.28. The average Bonchev–Trinajstić information content (AvgIpc) is 2.46. The molecule has 21 heavy (non-hydrogen) atoms. The Kier molecular flexibility index (Phi) is 4.59. The standard InChI is InChI=1S/C15H16FNO3S/c1-11(14-8-3-4-9-15(14)20-2)17-21(18,19)13-7-5-6-12(16)10-13/h3-11,17H,1-2H3. The molecule has 4 nitrogen and oxygen atoms in total.